The zero-order valence-electron chi connectivity index (χ0n) is 13.0. The molecule has 0 bridgehead atoms. The molecule has 1 aliphatic rings. The van der Waals surface area contributed by atoms with E-state index < -0.39 is 15.6 Å². The molecule has 0 aromatic carbocycles. The van der Waals surface area contributed by atoms with Gasteiger partial charge in [0.25, 0.3) is 5.56 Å². The van der Waals surface area contributed by atoms with Gasteiger partial charge < -0.3 is 14.6 Å². The van der Waals surface area contributed by atoms with E-state index in [1.165, 1.54) is 22.6 Å². The maximum Gasteiger partial charge on any atom is 0.251 e. The van der Waals surface area contributed by atoms with Gasteiger partial charge in [-0.05, 0) is 12.5 Å². The monoisotopic (exact) mass is 343 g/mol. The first-order chi connectivity index (χ1) is 10.9. The quantitative estimate of drug-likeness (QED) is 0.743. The first-order valence-corrected chi connectivity index (χ1v) is 8.94. The van der Waals surface area contributed by atoms with Crippen LogP contribution >= 0.6 is 0 Å². The van der Waals surface area contributed by atoms with E-state index in [-0.39, 0.29) is 30.4 Å². The van der Waals surface area contributed by atoms with Gasteiger partial charge in [0.15, 0.2) is 0 Å². The van der Waals surface area contributed by atoms with Crippen molar-refractivity contribution in [2.75, 3.05) is 32.8 Å². The molecule has 0 unspecified atom stereocenters. The molecule has 1 fully saturated rings. The van der Waals surface area contributed by atoms with Crippen molar-refractivity contribution in [1.29, 1.82) is 0 Å². The van der Waals surface area contributed by atoms with Crippen LogP contribution in [0.2, 0.25) is 0 Å². The number of amides is 1. The lowest BCUT2D eigenvalue weighted by Gasteiger charge is -2.26. The zero-order chi connectivity index (χ0) is 16.9. The normalized spacial score (nSPS) is 16.2. The summed E-state index contributed by atoms with van der Waals surface area (Å²) < 4.78 is 32.7. The number of morpholine rings is 1. The van der Waals surface area contributed by atoms with Crippen molar-refractivity contribution in [3.63, 3.8) is 0 Å². The first-order valence-electron chi connectivity index (χ1n) is 7.50. The molecule has 2 rings (SSSR count). The first kappa shape index (κ1) is 17.6. The van der Waals surface area contributed by atoms with Gasteiger partial charge in [0.05, 0.1) is 18.1 Å². The summed E-state index contributed by atoms with van der Waals surface area (Å²) in [6.07, 6.45) is 2.00. The number of carbonyl (C=O) groups is 1. The molecule has 1 aromatic rings. The van der Waals surface area contributed by atoms with E-state index in [0.29, 0.717) is 19.8 Å². The molecule has 128 valence electrons. The predicted octanol–water partition coefficient (Wildman–Crippen LogP) is -0.605. The van der Waals surface area contributed by atoms with Crippen LogP contribution in [0.5, 0.6) is 0 Å². The highest BCUT2D eigenvalue weighted by atomic mass is 32.2. The SMILES string of the molecule is CCCNC(=O)Cn1cc(S(=O)(=O)N2CCOCC2)ccc1=O. The highest BCUT2D eigenvalue weighted by Gasteiger charge is 2.26. The molecule has 0 spiro atoms. The molecule has 1 saturated heterocycles. The Bertz CT molecular complexity index is 707. The van der Waals surface area contributed by atoms with E-state index >= 15 is 0 Å². The van der Waals surface area contributed by atoms with E-state index in [2.05, 4.69) is 5.32 Å². The Morgan fingerprint density at radius 2 is 2.00 bits per heavy atom. The molecule has 1 amide bonds. The lowest BCUT2D eigenvalue weighted by Crippen LogP contribution is -2.41. The lowest BCUT2D eigenvalue weighted by molar-refractivity contribution is -0.121. The van der Waals surface area contributed by atoms with Crippen LogP contribution in [-0.4, -0.2) is 56.0 Å². The average Bonchev–Trinajstić information content (AvgIpc) is 2.55. The van der Waals surface area contributed by atoms with Gasteiger partial charge >= 0.3 is 0 Å². The fraction of sp³-hybridized carbons (Fsp3) is 0.571. The van der Waals surface area contributed by atoms with Crippen LogP contribution in [0.4, 0.5) is 0 Å². The van der Waals surface area contributed by atoms with E-state index in [4.69, 9.17) is 4.74 Å². The number of nitrogens with zero attached hydrogens (tertiary/aromatic N) is 2. The molecule has 2 heterocycles. The lowest BCUT2D eigenvalue weighted by atomic mass is 10.4. The highest BCUT2D eigenvalue weighted by Crippen LogP contribution is 2.15. The molecule has 1 aliphatic heterocycles. The maximum atomic E-state index is 12.6. The molecule has 0 aliphatic carbocycles. The predicted molar refractivity (Wildman–Crippen MR) is 83.6 cm³/mol. The fourth-order valence-electron chi connectivity index (χ4n) is 2.20. The molecule has 9 heteroatoms. The van der Waals surface area contributed by atoms with Crippen LogP contribution in [0.25, 0.3) is 0 Å². The molecule has 1 N–H and O–H groups in total. The molecule has 0 saturated carbocycles. The fourth-order valence-corrected chi connectivity index (χ4v) is 3.63. The van der Waals surface area contributed by atoms with Crippen molar-refractivity contribution < 1.29 is 17.9 Å². The molecule has 0 radical (unpaired) electrons. The molecule has 0 atom stereocenters. The number of carbonyl (C=O) groups excluding carboxylic acids is 1. The minimum absolute atomic E-state index is 0.00212. The molecule has 1 aromatic heterocycles. The van der Waals surface area contributed by atoms with Gasteiger partial charge in [-0.3, -0.25) is 9.59 Å². The summed E-state index contributed by atoms with van der Waals surface area (Å²) in [5.74, 6) is -0.324. The van der Waals surface area contributed by atoms with Crippen molar-refractivity contribution >= 4 is 15.9 Å². The van der Waals surface area contributed by atoms with E-state index in [1.807, 2.05) is 6.92 Å². The summed E-state index contributed by atoms with van der Waals surface area (Å²) in [4.78, 5) is 23.6. The smallest absolute Gasteiger partial charge is 0.251 e. The minimum atomic E-state index is -3.69. The van der Waals surface area contributed by atoms with Crippen LogP contribution < -0.4 is 10.9 Å². The number of rotatable bonds is 6. The Kier molecular flexibility index (Phi) is 5.91. The third-order valence-electron chi connectivity index (χ3n) is 3.45. The maximum absolute atomic E-state index is 12.6. The Labute approximate surface area is 135 Å². The highest BCUT2D eigenvalue weighted by molar-refractivity contribution is 7.89. The van der Waals surface area contributed by atoms with Gasteiger partial charge in [-0.25, -0.2) is 8.42 Å². The van der Waals surface area contributed by atoms with Crippen molar-refractivity contribution in [1.82, 2.24) is 14.2 Å². The second-order valence-corrected chi connectivity index (χ2v) is 7.14. The van der Waals surface area contributed by atoms with E-state index in [9.17, 15) is 18.0 Å². The summed E-state index contributed by atoms with van der Waals surface area (Å²) in [7, 11) is -3.69. The van der Waals surface area contributed by atoms with Gasteiger partial charge in [-0.1, -0.05) is 6.92 Å². The standard InChI is InChI=1S/C14H21N3O5S/c1-2-5-15-13(18)11-16-10-12(3-4-14(16)19)23(20,21)17-6-8-22-9-7-17/h3-4,10H,2,5-9,11H2,1H3,(H,15,18). The summed E-state index contributed by atoms with van der Waals surface area (Å²) in [5, 5.41) is 2.65. The second-order valence-electron chi connectivity index (χ2n) is 5.20. The average molecular weight is 343 g/mol. The van der Waals surface area contributed by atoms with Gasteiger partial charge in [-0.2, -0.15) is 4.31 Å². The number of ether oxygens (including phenoxy) is 1. The van der Waals surface area contributed by atoms with Crippen molar-refractivity contribution in [2.45, 2.75) is 24.8 Å². The third-order valence-corrected chi connectivity index (χ3v) is 5.33. The number of sulfonamides is 1. The van der Waals surface area contributed by atoms with Crippen LogP contribution in [0.3, 0.4) is 0 Å². The Morgan fingerprint density at radius 3 is 2.65 bits per heavy atom. The number of hydrogen-bond acceptors (Lipinski definition) is 5. The van der Waals surface area contributed by atoms with Gasteiger partial charge in [0.2, 0.25) is 15.9 Å². The second kappa shape index (κ2) is 7.71. The third kappa shape index (κ3) is 4.40. The Balaban J connectivity index is 2.22. The molecular weight excluding hydrogens is 322 g/mol. The topological polar surface area (TPSA) is 97.7 Å². The van der Waals surface area contributed by atoms with Crippen molar-refractivity contribution in [3.8, 4) is 0 Å². The minimum Gasteiger partial charge on any atom is -0.379 e. The zero-order valence-corrected chi connectivity index (χ0v) is 13.8. The summed E-state index contributed by atoms with van der Waals surface area (Å²) in [6.45, 7) is 3.47. The van der Waals surface area contributed by atoms with Crippen LogP contribution in [0.1, 0.15) is 13.3 Å². The number of aromatic nitrogens is 1. The van der Waals surface area contributed by atoms with Crippen LogP contribution in [0.15, 0.2) is 28.0 Å². The van der Waals surface area contributed by atoms with Gasteiger partial charge in [0, 0.05) is 31.9 Å². The molecular formula is C14H21N3O5S. The van der Waals surface area contributed by atoms with E-state index in [0.717, 1.165) is 11.0 Å². The summed E-state index contributed by atoms with van der Waals surface area (Å²) in [6, 6.07) is 2.44. The van der Waals surface area contributed by atoms with Gasteiger partial charge in [-0.15, -0.1) is 0 Å². The van der Waals surface area contributed by atoms with Crippen molar-refractivity contribution in [3.05, 3.63) is 28.7 Å². The van der Waals surface area contributed by atoms with Crippen LogP contribution in [0, 0.1) is 0 Å². The Morgan fingerprint density at radius 1 is 1.30 bits per heavy atom. The van der Waals surface area contributed by atoms with Crippen LogP contribution in [-0.2, 0) is 26.1 Å². The largest absolute Gasteiger partial charge is 0.379 e. The Hall–Kier alpha value is -1.71. The van der Waals surface area contributed by atoms with E-state index in [1.54, 1.807) is 0 Å². The molecule has 8 nitrogen and oxygen atoms in total. The number of nitrogens with one attached hydrogen (secondary N) is 1. The summed E-state index contributed by atoms with van der Waals surface area (Å²) >= 11 is 0. The van der Waals surface area contributed by atoms with Gasteiger partial charge in [0.1, 0.15) is 6.54 Å². The molecule has 23 heavy (non-hydrogen) atoms. The summed E-state index contributed by atoms with van der Waals surface area (Å²) in [5.41, 5.74) is -0.419. The number of pyridine rings is 1. The number of hydrogen-bond donors (Lipinski definition) is 1. The van der Waals surface area contributed by atoms with Crippen molar-refractivity contribution in [2.24, 2.45) is 0 Å².